The summed E-state index contributed by atoms with van der Waals surface area (Å²) in [7, 11) is 1.50. The Labute approximate surface area is 194 Å². The van der Waals surface area contributed by atoms with Gasteiger partial charge >= 0.3 is 0 Å². The van der Waals surface area contributed by atoms with E-state index in [-0.39, 0.29) is 5.56 Å². The third kappa shape index (κ3) is 5.88. The van der Waals surface area contributed by atoms with Crippen LogP contribution in [0.3, 0.4) is 0 Å². The molecule has 0 bridgehead atoms. The summed E-state index contributed by atoms with van der Waals surface area (Å²) in [5, 5.41) is 9.76. The second-order valence-electron chi connectivity index (χ2n) is 6.28. The Morgan fingerprint density at radius 3 is 2.42 bits per heavy atom. The molecule has 0 atom stereocenters. The lowest BCUT2D eigenvalue weighted by atomic mass is 10.2. The molecule has 0 spiro atoms. The number of thiocarbonyl (C=S) groups is 1. The average molecular weight is 476 g/mol. The van der Waals surface area contributed by atoms with Crippen LogP contribution in [-0.4, -0.2) is 24.4 Å². The molecule has 0 saturated carbocycles. The van der Waals surface area contributed by atoms with Crippen molar-refractivity contribution < 1.29 is 13.9 Å². The number of carbonyl (C=O) groups excluding carboxylic acids is 1. The van der Waals surface area contributed by atoms with Crippen LogP contribution in [0.15, 0.2) is 65.6 Å². The van der Waals surface area contributed by atoms with Gasteiger partial charge in [-0.2, -0.15) is 0 Å². The molecule has 3 N–H and O–H groups in total. The highest BCUT2D eigenvalue weighted by Crippen LogP contribution is 2.30. The Morgan fingerprint density at radius 2 is 1.74 bits per heavy atom. The quantitative estimate of drug-likeness (QED) is 0.288. The number of thioether (sulfide) groups is 1. The van der Waals surface area contributed by atoms with Gasteiger partial charge in [-0.1, -0.05) is 23.7 Å². The number of methoxy groups -OCH3 is 1. The number of rotatable bonds is 6. The Morgan fingerprint density at radius 1 is 1.03 bits per heavy atom. The number of halogens is 2. The van der Waals surface area contributed by atoms with Gasteiger partial charge in [0.25, 0.3) is 5.91 Å². The number of amides is 1. The van der Waals surface area contributed by atoms with Gasteiger partial charge in [-0.15, -0.1) is 11.8 Å². The molecule has 5 nitrogen and oxygen atoms in total. The van der Waals surface area contributed by atoms with Gasteiger partial charge in [0, 0.05) is 22.3 Å². The van der Waals surface area contributed by atoms with E-state index in [1.165, 1.54) is 25.3 Å². The van der Waals surface area contributed by atoms with Crippen molar-refractivity contribution in [2.75, 3.05) is 29.3 Å². The number of benzene rings is 3. The standard InChI is InChI=1S/C22H19ClFN3O2S2/c1-29-19-12-14(25-21(28)15-5-3-4-6-17(15)24)7-9-18(19)27-22(30)26-13-8-10-20(31-2)16(23)11-13/h3-12H,1-2H3,(H,25,28)(H2,26,27,30). The molecule has 160 valence electrons. The number of ether oxygens (including phenoxy) is 1. The summed E-state index contributed by atoms with van der Waals surface area (Å²) in [4.78, 5) is 13.3. The van der Waals surface area contributed by atoms with Crippen LogP contribution in [0.4, 0.5) is 21.5 Å². The molecule has 9 heteroatoms. The fourth-order valence-corrected chi connectivity index (χ4v) is 3.84. The largest absolute Gasteiger partial charge is 0.494 e. The van der Waals surface area contributed by atoms with E-state index in [0.29, 0.717) is 27.3 Å². The maximum atomic E-state index is 13.8. The fraction of sp³-hybridized carbons (Fsp3) is 0.0909. The molecule has 3 aromatic carbocycles. The van der Waals surface area contributed by atoms with E-state index in [1.54, 1.807) is 42.1 Å². The van der Waals surface area contributed by atoms with Crippen LogP contribution in [-0.2, 0) is 0 Å². The van der Waals surface area contributed by atoms with Crippen molar-refractivity contribution in [3.63, 3.8) is 0 Å². The zero-order valence-corrected chi connectivity index (χ0v) is 19.1. The molecule has 0 radical (unpaired) electrons. The van der Waals surface area contributed by atoms with Crippen molar-refractivity contribution in [3.05, 3.63) is 77.1 Å². The van der Waals surface area contributed by atoms with Crippen molar-refractivity contribution in [1.29, 1.82) is 0 Å². The predicted molar refractivity (Wildman–Crippen MR) is 130 cm³/mol. The zero-order valence-electron chi connectivity index (χ0n) is 16.7. The maximum absolute atomic E-state index is 13.8. The van der Waals surface area contributed by atoms with Crippen LogP contribution in [0.5, 0.6) is 5.75 Å². The van der Waals surface area contributed by atoms with E-state index in [1.807, 2.05) is 18.4 Å². The monoisotopic (exact) mass is 475 g/mol. The lowest BCUT2D eigenvalue weighted by molar-refractivity contribution is 0.102. The Bertz CT molecular complexity index is 1130. The smallest absolute Gasteiger partial charge is 0.258 e. The highest BCUT2D eigenvalue weighted by atomic mass is 35.5. The molecular formula is C22H19ClFN3O2S2. The number of hydrogen-bond acceptors (Lipinski definition) is 4. The van der Waals surface area contributed by atoms with Gasteiger partial charge in [-0.05, 0) is 60.9 Å². The van der Waals surface area contributed by atoms with E-state index in [4.69, 9.17) is 28.6 Å². The Balaban J connectivity index is 1.69. The predicted octanol–water partition coefficient (Wildman–Crippen LogP) is 6.27. The van der Waals surface area contributed by atoms with Crippen molar-refractivity contribution in [2.45, 2.75) is 4.90 Å². The molecule has 0 aliphatic carbocycles. The first-order valence-electron chi connectivity index (χ1n) is 9.06. The topological polar surface area (TPSA) is 62.4 Å². The summed E-state index contributed by atoms with van der Waals surface area (Å²) in [5.74, 6) is -0.692. The van der Waals surface area contributed by atoms with Crippen molar-refractivity contribution >= 4 is 63.7 Å². The molecule has 0 saturated heterocycles. The summed E-state index contributed by atoms with van der Waals surface area (Å²) in [6, 6.07) is 16.3. The molecule has 1 amide bonds. The molecule has 31 heavy (non-hydrogen) atoms. The molecule has 0 aliphatic rings. The zero-order chi connectivity index (χ0) is 22.4. The Hall–Kier alpha value is -2.81. The fourth-order valence-electron chi connectivity index (χ4n) is 2.74. The van der Waals surface area contributed by atoms with Gasteiger partial charge in [-0.25, -0.2) is 4.39 Å². The first kappa shape index (κ1) is 22.9. The van der Waals surface area contributed by atoms with Crippen molar-refractivity contribution in [3.8, 4) is 5.75 Å². The first-order valence-corrected chi connectivity index (χ1v) is 11.1. The van der Waals surface area contributed by atoms with Gasteiger partial charge in [-0.3, -0.25) is 4.79 Å². The molecule has 0 fully saturated rings. The van der Waals surface area contributed by atoms with E-state index >= 15 is 0 Å². The van der Waals surface area contributed by atoms with Gasteiger partial charge in [0.05, 0.1) is 23.4 Å². The van der Waals surface area contributed by atoms with Gasteiger partial charge in [0.1, 0.15) is 11.6 Å². The van der Waals surface area contributed by atoms with Crippen molar-refractivity contribution in [1.82, 2.24) is 0 Å². The Kier molecular flexibility index (Phi) is 7.73. The van der Waals surface area contributed by atoms with E-state index in [0.717, 1.165) is 10.6 Å². The minimum Gasteiger partial charge on any atom is -0.494 e. The molecule has 0 aromatic heterocycles. The van der Waals surface area contributed by atoms with Crippen LogP contribution >= 0.6 is 35.6 Å². The van der Waals surface area contributed by atoms with Crippen LogP contribution in [0.25, 0.3) is 0 Å². The molecule has 3 aromatic rings. The second-order valence-corrected chi connectivity index (χ2v) is 7.94. The highest BCUT2D eigenvalue weighted by molar-refractivity contribution is 7.98. The van der Waals surface area contributed by atoms with E-state index in [2.05, 4.69) is 16.0 Å². The second kappa shape index (κ2) is 10.5. The van der Waals surface area contributed by atoms with Crippen LogP contribution in [0.2, 0.25) is 5.02 Å². The SMILES string of the molecule is COc1cc(NC(=O)c2ccccc2F)ccc1NC(=S)Nc1ccc(SC)c(Cl)c1. The number of carbonyl (C=O) groups is 1. The lowest BCUT2D eigenvalue weighted by Gasteiger charge is -2.15. The number of hydrogen-bond donors (Lipinski definition) is 3. The molecule has 0 aliphatic heterocycles. The normalized spacial score (nSPS) is 10.3. The van der Waals surface area contributed by atoms with Gasteiger partial charge < -0.3 is 20.7 Å². The number of anilines is 3. The van der Waals surface area contributed by atoms with Gasteiger partial charge in [0.2, 0.25) is 0 Å². The maximum Gasteiger partial charge on any atom is 0.258 e. The molecule has 0 heterocycles. The summed E-state index contributed by atoms with van der Waals surface area (Å²) < 4.78 is 19.2. The summed E-state index contributed by atoms with van der Waals surface area (Å²) >= 11 is 13.2. The molecule has 0 unspecified atom stereocenters. The van der Waals surface area contributed by atoms with Crippen LogP contribution in [0, 0.1) is 5.82 Å². The summed E-state index contributed by atoms with van der Waals surface area (Å²) in [6.07, 6.45) is 1.95. The van der Waals surface area contributed by atoms with Gasteiger partial charge in [0.15, 0.2) is 5.11 Å². The molecule has 3 rings (SSSR count). The minimum atomic E-state index is -0.590. The van der Waals surface area contributed by atoms with E-state index in [9.17, 15) is 9.18 Å². The first-order chi connectivity index (χ1) is 14.9. The van der Waals surface area contributed by atoms with Crippen molar-refractivity contribution in [2.24, 2.45) is 0 Å². The third-order valence-electron chi connectivity index (χ3n) is 4.24. The minimum absolute atomic E-state index is 0.0415. The molecular weight excluding hydrogens is 457 g/mol. The summed E-state index contributed by atoms with van der Waals surface area (Å²) in [5.41, 5.74) is 1.75. The highest BCUT2D eigenvalue weighted by Gasteiger charge is 2.13. The van der Waals surface area contributed by atoms with Crippen LogP contribution in [0.1, 0.15) is 10.4 Å². The van der Waals surface area contributed by atoms with Crippen LogP contribution < -0.4 is 20.7 Å². The number of nitrogens with one attached hydrogen (secondary N) is 3. The lowest BCUT2D eigenvalue weighted by Crippen LogP contribution is -2.19. The summed E-state index contributed by atoms with van der Waals surface area (Å²) in [6.45, 7) is 0. The third-order valence-corrected chi connectivity index (χ3v) is 5.66. The average Bonchev–Trinajstić information content (AvgIpc) is 2.75. The van der Waals surface area contributed by atoms with E-state index < -0.39 is 11.7 Å².